The standard InChI is InChI=1S/C13H15NO4/c15-13(11-2-1-5-16-11)14-7-9-3-4-10-12(6-9)18-8-17-10/h3-4,6,11H,1-2,5,7-8H2,(H,14,15)/t11-/m1/s1. The van der Waals surface area contributed by atoms with Gasteiger partial charge in [-0.05, 0) is 30.5 Å². The molecule has 2 aliphatic heterocycles. The highest BCUT2D eigenvalue weighted by Crippen LogP contribution is 2.32. The zero-order valence-electron chi connectivity index (χ0n) is 9.98. The molecule has 2 heterocycles. The van der Waals surface area contributed by atoms with E-state index in [1.54, 1.807) is 0 Å². The third-order valence-corrected chi connectivity index (χ3v) is 3.13. The van der Waals surface area contributed by atoms with Crippen LogP contribution in [0.2, 0.25) is 0 Å². The van der Waals surface area contributed by atoms with Gasteiger partial charge >= 0.3 is 0 Å². The molecule has 0 spiro atoms. The number of fused-ring (bicyclic) bond motifs is 1. The molecule has 18 heavy (non-hydrogen) atoms. The van der Waals surface area contributed by atoms with E-state index in [9.17, 15) is 4.79 Å². The van der Waals surface area contributed by atoms with Crippen molar-refractivity contribution in [1.29, 1.82) is 0 Å². The molecule has 0 aliphatic carbocycles. The van der Waals surface area contributed by atoms with Gasteiger partial charge in [0, 0.05) is 13.2 Å². The lowest BCUT2D eigenvalue weighted by molar-refractivity contribution is -0.130. The normalized spacial score (nSPS) is 21.0. The Labute approximate surface area is 105 Å². The minimum Gasteiger partial charge on any atom is -0.454 e. The zero-order chi connectivity index (χ0) is 12.4. The average molecular weight is 249 g/mol. The van der Waals surface area contributed by atoms with Crippen molar-refractivity contribution in [1.82, 2.24) is 5.32 Å². The van der Waals surface area contributed by atoms with E-state index in [2.05, 4.69) is 5.32 Å². The maximum atomic E-state index is 11.8. The van der Waals surface area contributed by atoms with Crippen LogP contribution < -0.4 is 14.8 Å². The van der Waals surface area contributed by atoms with E-state index in [0.29, 0.717) is 13.2 Å². The van der Waals surface area contributed by atoms with Crippen LogP contribution in [0.3, 0.4) is 0 Å². The molecule has 1 atom stereocenters. The van der Waals surface area contributed by atoms with Gasteiger partial charge in [0.15, 0.2) is 11.5 Å². The number of benzene rings is 1. The van der Waals surface area contributed by atoms with Crippen LogP contribution in [0.15, 0.2) is 18.2 Å². The summed E-state index contributed by atoms with van der Waals surface area (Å²) in [4.78, 5) is 11.8. The largest absolute Gasteiger partial charge is 0.454 e. The molecule has 5 nitrogen and oxygen atoms in total. The predicted molar refractivity (Wildman–Crippen MR) is 63.4 cm³/mol. The Bertz CT molecular complexity index is 454. The SMILES string of the molecule is O=C(NCc1ccc2c(c1)OCO2)[C@H]1CCCO1. The maximum Gasteiger partial charge on any atom is 0.249 e. The van der Waals surface area contributed by atoms with Crippen molar-refractivity contribution < 1.29 is 19.0 Å². The minimum absolute atomic E-state index is 0.0369. The Morgan fingerprint density at radius 1 is 1.33 bits per heavy atom. The van der Waals surface area contributed by atoms with Gasteiger partial charge in [-0.1, -0.05) is 6.07 Å². The number of carbonyl (C=O) groups is 1. The second-order valence-corrected chi connectivity index (χ2v) is 4.41. The van der Waals surface area contributed by atoms with Crippen molar-refractivity contribution in [2.45, 2.75) is 25.5 Å². The second kappa shape index (κ2) is 4.86. The Kier molecular flexibility index (Phi) is 3.06. The fraction of sp³-hybridized carbons (Fsp3) is 0.462. The van der Waals surface area contributed by atoms with Gasteiger partial charge in [0.05, 0.1) is 0 Å². The number of carbonyl (C=O) groups excluding carboxylic acids is 1. The van der Waals surface area contributed by atoms with E-state index in [4.69, 9.17) is 14.2 Å². The van der Waals surface area contributed by atoms with Crippen LogP contribution in [0.25, 0.3) is 0 Å². The van der Waals surface area contributed by atoms with Crippen LogP contribution in [-0.4, -0.2) is 25.4 Å². The molecule has 0 saturated carbocycles. The summed E-state index contributed by atoms with van der Waals surface area (Å²) in [6.07, 6.45) is 1.49. The summed E-state index contributed by atoms with van der Waals surface area (Å²) in [6.45, 7) is 1.43. The van der Waals surface area contributed by atoms with E-state index in [1.165, 1.54) is 0 Å². The second-order valence-electron chi connectivity index (χ2n) is 4.41. The first-order chi connectivity index (χ1) is 8.83. The highest BCUT2D eigenvalue weighted by Gasteiger charge is 2.23. The summed E-state index contributed by atoms with van der Waals surface area (Å²) in [7, 11) is 0. The molecule has 1 aromatic carbocycles. The smallest absolute Gasteiger partial charge is 0.249 e. The Hall–Kier alpha value is -1.75. The molecule has 1 fully saturated rings. The molecule has 3 rings (SSSR count). The minimum atomic E-state index is -0.279. The van der Waals surface area contributed by atoms with Gasteiger partial charge < -0.3 is 19.5 Å². The number of nitrogens with one attached hydrogen (secondary N) is 1. The molecule has 96 valence electrons. The van der Waals surface area contributed by atoms with Crippen molar-refractivity contribution in [2.75, 3.05) is 13.4 Å². The molecule has 0 bridgehead atoms. The predicted octanol–water partition coefficient (Wildman–Crippen LogP) is 1.21. The third-order valence-electron chi connectivity index (χ3n) is 3.13. The molecule has 2 aliphatic rings. The first-order valence-electron chi connectivity index (χ1n) is 6.11. The quantitative estimate of drug-likeness (QED) is 0.874. The summed E-state index contributed by atoms with van der Waals surface area (Å²) >= 11 is 0. The topological polar surface area (TPSA) is 56.8 Å². The lowest BCUT2D eigenvalue weighted by Gasteiger charge is -2.10. The fourth-order valence-corrected chi connectivity index (χ4v) is 2.14. The first kappa shape index (κ1) is 11.3. The molecule has 1 aromatic rings. The monoisotopic (exact) mass is 249 g/mol. The highest BCUT2D eigenvalue weighted by molar-refractivity contribution is 5.80. The maximum absolute atomic E-state index is 11.8. The molecule has 1 N–H and O–H groups in total. The summed E-state index contributed by atoms with van der Waals surface area (Å²) in [6, 6.07) is 5.66. The van der Waals surface area contributed by atoms with E-state index >= 15 is 0 Å². The van der Waals surface area contributed by atoms with E-state index in [1.807, 2.05) is 18.2 Å². The summed E-state index contributed by atoms with van der Waals surface area (Å²) in [5.41, 5.74) is 0.991. The molecule has 0 radical (unpaired) electrons. The fourth-order valence-electron chi connectivity index (χ4n) is 2.14. The number of amides is 1. The number of hydrogen-bond acceptors (Lipinski definition) is 4. The van der Waals surface area contributed by atoms with Crippen molar-refractivity contribution in [2.24, 2.45) is 0 Å². The van der Waals surface area contributed by atoms with Crippen molar-refractivity contribution in [3.63, 3.8) is 0 Å². The van der Waals surface area contributed by atoms with Gasteiger partial charge in [-0.3, -0.25) is 4.79 Å². The molecule has 0 unspecified atom stereocenters. The number of hydrogen-bond donors (Lipinski definition) is 1. The van der Waals surface area contributed by atoms with Crippen molar-refractivity contribution in [3.8, 4) is 11.5 Å². The van der Waals surface area contributed by atoms with Gasteiger partial charge in [-0.15, -0.1) is 0 Å². The van der Waals surface area contributed by atoms with E-state index in [-0.39, 0.29) is 18.8 Å². The summed E-state index contributed by atoms with van der Waals surface area (Å²) in [5, 5.41) is 2.87. The van der Waals surface area contributed by atoms with Gasteiger partial charge in [-0.2, -0.15) is 0 Å². The Balaban J connectivity index is 1.58. The molecule has 1 amide bonds. The average Bonchev–Trinajstić information content (AvgIpc) is 3.05. The number of rotatable bonds is 3. The van der Waals surface area contributed by atoms with Crippen LogP contribution in [0.4, 0.5) is 0 Å². The van der Waals surface area contributed by atoms with Crippen molar-refractivity contribution in [3.05, 3.63) is 23.8 Å². The van der Waals surface area contributed by atoms with Gasteiger partial charge in [0.2, 0.25) is 12.7 Å². The van der Waals surface area contributed by atoms with Crippen LogP contribution in [0.5, 0.6) is 11.5 Å². The lowest BCUT2D eigenvalue weighted by atomic mass is 10.2. The molecule has 1 saturated heterocycles. The van der Waals surface area contributed by atoms with Crippen LogP contribution >= 0.6 is 0 Å². The molecular weight excluding hydrogens is 234 g/mol. The summed E-state index contributed by atoms with van der Waals surface area (Å²) < 4.78 is 15.8. The van der Waals surface area contributed by atoms with Crippen molar-refractivity contribution >= 4 is 5.91 Å². The zero-order valence-corrected chi connectivity index (χ0v) is 9.98. The molecular formula is C13H15NO4. The Morgan fingerprint density at radius 2 is 2.22 bits per heavy atom. The van der Waals surface area contributed by atoms with E-state index < -0.39 is 0 Å². The van der Waals surface area contributed by atoms with Gasteiger partial charge in [0.25, 0.3) is 0 Å². The molecule has 5 heteroatoms. The Morgan fingerprint density at radius 3 is 3.06 bits per heavy atom. The lowest BCUT2D eigenvalue weighted by Crippen LogP contribution is -2.33. The van der Waals surface area contributed by atoms with Crippen LogP contribution in [0, 0.1) is 0 Å². The van der Waals surface area contributed by atoms with Gasteiger partial charge in [0.1, 0.15) is 6.10 Å². The van der Waals surface area contributed by atoms with Crippen LogP contribution in [0.1, 0.15) is 18.4 Å². The van der Waals surface area contributed by atoms with E-state index in [0.717, 1.165) is 29.9 Å². The van der Waals surface area contributed by atoms with Crippen LogP contribution in [-0.2, 0) is 16.1 Å². The highest BCUT2D eigenvalue weighted by atomic mass is 16.7. The third kappa shape index (κ3) is 2.26. The molecule has 0 aromatic heterocycles. The van der Waals surface area contributed by atoms with Gasteiger partial charge in [-0.25, -0.2) is 0 Å². The number of ether oxygens (including phenoxy) is 3. The summed E-state index contributed by atoms with van der Waals surface area (Å²) in [5.74, 6) is 1.45. The first-order valence-corrected chi connectivity index (χ1v) is 6.11.